The molecule has 3 saturated heterocycles. The summed E-state index contributed by atoms with van der Waals surface area (Å²) in [5, 5.41) is 22.5. The summed E-state index contributed by atoms with van der Waals surface area (Å²) in [6, 6.07) is 19.2. The van der Waals surface area contributed by atoms with Gasteiger partial charge in [-0.2, -0.15) is 4.98 Å². The van der Waals surface area contributed by atoms with Crippen LogP contribution < -0.4 is 30.9 Å². The molecule has 19 nitrogen and oxygen atoms in total. The number of likely N-dealkylation sites (tertiary alicyclic amines) is 1. The molecule has 0 spiro atoms. The lowest BCUT2D eigenvalue weighted by atomic mass is 9.85. The topological polar surface area (TPSA) is 232 Å². The number of para-hydroxylation sites is 1. The number of benzene rings is 3. The van der Waals surface area contributed by atoms with E-state index in [9.17, 15) is 32.7 Å². The normalized spacial score (nSPS) is 17.7. The number of ether oxygens (including phenoxy) is 1. The van der Waals surface area contributed by atoms with Crippen molar-refractivity contribution in [1.82, 2.24) is 40.3 Å². The molecule has 0 bridgehead atoms. The van der Waals surface area contributed by atoms with Gasteiger partial charge in [0.15, 0.2) is 15.7 Å². The van der Waals surface area contributed by atoms with Gasteiger partial charge in [-0.05, 0) is 87.3 Å². The van der Waals surface area contributed by atoms with E-state index in [1.165, 1.54) is 11.1 Å². The van der Waals surface area contributed by atoms with Crippen molar-refractivity contribution in [2.75, 3.05) is 68.5 Å². The Labute approximate surface area is 485 Å². The first-order valence-electron chi connectivity index (χ1n) is 28.1. The van der Waals surface area contributed by atoms with Crippen molar-refractivity contribution in [3.05, 3.63) is 94.7 Å². The second kappa shape index (κ2) is 27.1. The number of methoxy groups -OCH3 is 1. The minimum atomic E-state index is -3.58. The number of β-amino-alcohol motifs (C(OH)–C–C–N with tert-alkyl or cyclic N) is 1. The first-order chi connectivity index (χ1) is 38.7. The van der Waals surface area contributed by atoms with Gasteiger partial charge in [0.05, 0.1) is 57.0 Å². The number of hydrogen-bond acceptors (Lipinski definition) is 16. The number of aryl methyl sites for hydroxylation is 1. The van der Waals surface area contributed by atoms with Crippen LogP contribution in [0.15, 0.2) is 83.3 Å². The summed E-state index contributed by atoms with van der Waals surface area (Å²) in [7, 11) is -1.97. The number of piperidine rings is 1. The van der Waals surface area contributed by atoms with Crippen LogP contribution in [0.3, 0.4) is 0 Å². The molecule has 0 unspecified atom stereocenters. The summed E-state index contributed by atoms with van der Waals surface area (Å²) in [5.74, 6) is 0.278. The number of carbonyl (C=O) groups excluding carboxylic acids is 4. The minimum Gasteiger partial charge on any atom is -0.494 e. The largest absolute Gasteiger partial charge is 0.494 e. The highest BCUT2D eigenvalue weighted by Crippen LogP contribution is 2.36. The number of carbonyl (C=O) groups is 4. The second-order valence-electron chi connectivity index (χ2n) is 22.6. The quantitative estimate of drug-likeness (QED) is 0.0409. The highest BCUT2D eigenvalue weighted by Gasteiger charge is 2.44. The summed E-state index contributed by atoms with van der Waals surface area (Å²) in [5.41, 5.74) is 6.13. The van der Waals surface area contributed by atoms with Crippen LogP contribution in [-0.2, 0) is 35.6 Å². The number of unbranched alkanes of at least 4 members (excludes halogenated alkanes) is 3. The number of halogens is 1. The van der Waals surface area contributed by atoms with E-state index in [-0.39, 0.29) is 71.2 Å². The Kier molecular flexibility index (Phi) is 20.3. The van der Waals surface area contributed by atoms with Gasteiger partial charge in [-0.15, -0.1) is 11.3 Å². The van der Waals surface area contributed by atoms with Crippen LogP contribution in [0.4, 0.5) is 28.8 Å². The van der Waals surface area contributed by atoms with E-state index in [2.05, 4.69) is 46.0 Å². The van der Waals surface area contributed by atoms with E-state index >= 15 is 0 Å². The maximum absolute atomic E-state index is 14.1. The standard InChI is InChI=1S/C59H78ClN11O8S2/c1-38(2)81(77,78)50-15-13-12-14-47(50)64-55-45(60)35-62-58(67-55)65-46-23-22-43(32-49(46)79-7)68-26-24-42(25-27-68)69-28-30-70(31-29-69)52(74)17-11-9-8-10-16-51(73)66-54(59(4,5)6)57(76)71-36-44(72)33-48(71)56(75)61-34-40-18-20-41(21-19-40)53-39(3)63-37-80-53/h12-15,18-23,32,35,37-38,42,44,48,54,72H,8-11,16-17,24-31,33-34,36H2,1-7H3,(H,61,75)(H,66,73)(H2,62,64,65,67)/t44-,48+,54-/m1/s1. The Bertz CT molecular complexity index is 3100. The number of anilines is 5. The van der Waals surface area contributed by atoms with Crippen molar-refractivity contribution in [1.29, 1.82) is 0 Å². The number of nitrogens with one attached hydrogen (secondary N) is 4. The Morgan fingerprint density at radius 2 is 1.58 bits per heavy atom. The van der Waals surface area contributed by atoms with Gasteiger partial charge in [-0.1, -0.05) is 81.6 Å². The number of rotatable bonds is 22. The van der Waals surface area contributed by atoms with Gasteiger partial charge in [0.1, 0.15) is 22.9 Å². The number of aliphatic hydroxyl groups excluding tert-OH is 1. The summed E-state index contributed by atoms with van der Waals surface area (Å²) in [4.78, 5) is 77.0. The summed E-state index contributed by atoms with van der Waals surface area (Å²) in [6.45, 7) is 16.0. The molecule has 22 heteroatoms. The van der Waals surface area contributed by atoms with Crippen LogP contribution in [0.1, 0.15) is 104 Å². The molecule has 4 amide bonds. The van der Waals surface area contributed by atoms with Crippen LogP contribution in [0, 0.1) is 12.3 Å². The van der Waals surface area contributed by atoms with E-state index in [1.807, 2.05) is 80.6 Å². The van der Waals surface area contributed by atoms with Crippen molar-refractivity contribution in [3.8, 4) is 16.2 Å². The summed E-state index contributed by atoms with van der Waals surface area (Å²) >= 11 is 8.06. The highest BCUT2D eigenvalue weighted by molar-refractivity contribution is 7.92. The number of aromatic nitrogens is 3. The Balaban J connectivity index is 0.722. The SMILES string of the molecule is COc1cc(N2CCC(N3CCN(C(=O)CCCCCCC(=O)N[C@H](C(=O)N4C[C@H](O)C[C@H]4C(=O)NCc4ccc(-c5scnc5C)cc4)C(C)(C)C)CC3)CC2)ccc1Nc1ncc(Cl)c(Nc2ccccc2S(=O)(=O)C(C)C)n1. The molecule has 0 radical (unpaired) electrons. The average molecular weight is 1170 g/mol. The molecule has 8 rings (SSSR count). The van der Waals surface area contributed by atoms with Crippen LogP contribution in [0.25, 0.3) is 10.4 Å². The number of aliphatic hydroxyl groups is 1. The fraction of sp³-hybridized carbons (Fsp3) is 0.508. The Morgan fingerprint density at radius 3 is 2.25 bits per heavy atom. The third kappa shape index (κ3) is 15.4. The lowest BCUT2D eigenvalue weighted by Crippen LogP contribution is -2.57. The van der Waals surface area contributed by atoms with Crippen molar-refractivity contribution in [2.24, 2.45) is 5.41 Å². The van der Waals surface area contributed by atoms with E-state index in [4.69, 9.17) is 16.3 Å². The van der Waals surface area contributed by atoms with E-state index < -0.39 is 38.7 Å². The van der Waals surface area contributed by atoms with Crippen LogP contribution >= 0.6 is 22.9 Å². The smallest absolute Gasteiger partial charge is 0.246 e. The molecule has 2 aromatic heterocycles. The van der Waals surface area contributed by atoms with Crippen molar-refractivity contribution in [2.45, 2.75) is 140 Å². The monoisotopic (exact) mass is 1170 g/mol. The molecular weight excluding hydrogens is 1090 g/mol. The molecule has 436 valence electrons. The molecule has 5 heterocycles. The predicted octanol–water partition coefficient (Wildman–Crippen LogP) is 8.50. The van der Waals surface area contributed by atoms with Crippen LogP contribution in [-0.4, -0.2) is 149 Å². The zero-order valence-electron chi connectivity index (χ0n) is 47.5. The number of sulfone groups is 1. The van der Waals surface area contributed by atoms with Gasteiger partial charge in [0.25, 0.3) is 0 Å². The predicted molar refractivity (Wildman–Crippen MR) is 318 cm³/mol. The number of piperazine rings is 1. The minimum absolute atomic E-state index is 0.00798. The molecule has 3 atom stereocenters. The molecule has 5 N–H and O–H groups in total. The van der Waals surface area contributed by atoms with Gasteiger partial charge in [-0.3, -0.25) is 24.1 Å². The molecule has 0 aliphatic carbocycles. The molecule has 5 aromatic rings. The molecule has 3 fully saturated rings. The molecule has 81 heavy (non-hydrogen) atoms. The Morgan fingerprint density at radius 1 is 0.877 bits per heavy atom. The lowest BCUT2D eigenvalue weighted by molar-refractivity contribution is -0.144. The van der Waals surface area contributed by atoms with E-state index in [0.29, 0.717) is 49.1 Å². The number of nitrogens with zero attached hydrogens (tertiary/aromatic N) is 7. The summed E-state index contributed by atoms with van der Waals surface area (Å²) < 4.78 is 32.0. The second-order valence-corrected chi connectivity index (χ2v) is 26.3. The number of hydrogen-bond donors (Lipinski definition) is 5. The zero-order chi connectivity index (χ0) is 58.0. The van der Waals surface area contributed by atoms with Gasteiger partial charge in [0.2, 0.25) is 29.6 Å². The Hall–Kier alpha value is -6.39. The number of thiazole rings is 1. The highest BCUT2D eigenvalue weighted by atomic mass is 35.5. The van der Waals surface area contributed by atoms with E-state index in [0.717, 1.165) is 85.7 Å². The van der Waals surface area contributed by atoms with Crippen molar-refractivity contribution < 1.29 is 37.4 Å². The summed E-state index contributed by atoms with van der Waals surface area (Å²) in [6.07, 6.45) is 6.32. The maximum atomic E-state index is 14.1. The van der Waals surface area contributed by atoms with Gasteiger partial charge in [-0.25, -0.2) is 18.4 Å². The molecule has 3 aromatic carbocycles. The third-order valence-electron chi connectivity index (χ3n) is 15.5. The molecule has 3 aliphatic rings. The van der Waals surface area contributed by atoms with Crippen molar-refractivity contribution in [3.63, 3.8) is 0 Å². The van der Waals surface area contributed by atoms with Crippen LogP contribution in [0.5, 0.6) is 5.75 Å². The fourth-order valence-electron chi connectivity index (χ4n) is 10.7. The number of amides is 4. The maximum Gasteiger partial charge on any atom is 0.246 e. The van der Waals surface area contributed by atoms with Crippen molar-refractivity contribution >= 4 is 85.2 Å². The average Bonchev–Trinajstić information content (AvgIpc) is 4.09. The molecule has 0 saturated carbocycles. The fourth-order valence-corrected chi connectivity index (χ4v) is 12.9. The van der Waals surface area contributed by atoms with Gasteiger partial charge in [0, 0.05) is 89.4 Å². The van der Waals surface area contributed by atoms with Crippen LogP contribution in [0.2, 0.25) is 5.02 Å². The zero-order valence-corrected chi connectivity index (χ0v) is 49.9. The van der Waals surface area contributed by atoms with Gasteiger partial charge >= 0.3 is 0 Å². The first kappa shape index (κ1) is 60.7. The lowest BCUT2D eigenvalue weighted by Gasteiger charge is -2.43. The first-order valence-corrected chi connectivity index (χ1v) is 30.9. The van der Waals surface area contributed by atoms with E-state index in [1.54, 1.807) is 56.6 Å². The molecular formula is C59H78ClN11O8S2. The third-order valence-corrected chi connectivity index (χ3v) is 19.0. The molecule has 3 aliphatic heterocycles. The van der Waals surface area contributed by atoms with Gasteiger partial charge < -0.3 is 45.8 Å².